The maximum atomic E-state index is 12.0. The third-order valence-electron chi connectivity index (χ3n) is 3.74. The number of hydrogen-bond acceptors (Lipinski definition) is 3. The van der Waals surface area contributed by atoms with Crippen molar-refractivity contribution in [1.82, 2.24) is 10.6 Å². The number of hydrogen-bond donors (Lipinski definition) is 2. The molecule has 0 amide bonds. The Bertz CT molecular complexity index is 337. The summed E-state index contributed by atoms with van der Waals surface area (Å²) in [4.78, 5) is 4.64. The molecule has 124 valence electrons. The summed E-state index contributed by atoms with van der Waals surface area (Å²) in [6.45, 7) is 5.86. The highest BCUT2D eigenvalue weighted by molar-refractivity contribution is 7.98. The van der Waals surface area contributed by atoms with Gasteiger partial charge in [-0.2, -0.15) is 11.8 Å². The Morgan fingerprint density at radius 2 is 2.19 bits per heavy atom. The second kappa shape index (κ2) is 11.4. The standard InChI is InChI=1S/C15H31N3OS2/c1-4-16-15(17-10-7-11-20-3)18-13-8-6-9-14(12-13)21(19)5-2/h13-14H,4-12H2,1-3H3,(H2,16,17,18). The fourth-order valence-electron chi connectivity index (χ4n) is 2.66. The van der Waals surface area contributed by atoms with E-state index in [1.54, 1.807) is 0 Å². The van der Waals surface area contributed by atoms with E-state index in [2.05, 4.69) is 28.8 Å². The molecule has 1 fully saturated rings. The molecule has 1 rings (SSSR count). The van der Waals surface area contributed by atoms with Gasteiger partial charge < -0.3 is 10.6 Å². The van der Waals surface area contributed by atoms with Crippen LogP contribution >= 0.6 is 11.8 Å². The molecule has 0 aromatic rings. The van der Waals surface area contributed by atoms with Crippen LogP contribution in [0.5, 0.6) is 0 Å². The first-order valence-electron chi connectivity index (χ1n) is 8.12. The summed E-state index contributed by atoms with van der Waals surface area (Å²) in [7, 11) is -0.664. The number of aliphatic imine (C=N–C) groups is 1. The summed E-state index contributed by atoms with van der Waals surface area (Å²) >= 11 is 1.86. The van der Waals surface area contributed by atoms with Crippen LogP contribution in [-0.2, 0) is 10.8 Å². The van der Waals surface area contributed by atoms with Crippen LogP contribution < -0.4 is 10.6 Å². The molecule has 1 saturated carbocycles. The Hall–Kier alpha value is -0.230. The maximum absolute atomic E-state index is 12.0. The predicted molar refractivity (Wildman–Crippen MR) is 96.8 cm³/mol. The van der Waals surface area contributed by atoms with Crippen molar-refractivity contribution in [1.29, 1.82) is 0 Å². The van der Waals surface area contributed by atoms with Gasteiger partial charge in [0.2, 0.25) is 0 Å². The average Bonchev–Trinajstić information content (AvgIpc) is 2.51. The molecule has 0 aliphatic heterocycles. The van der Waals surface area contributed by atoms with Crippen molar-refractivity contribution < 1.29 is 4.21 Å². The third-order valence-corrected chi connectivity index (χ3v) is 6.18. The molecule has 3 atom stereocenters. The number of nitrogens with one attached hydrogen (secondary N) is 2. The second-order valence-electron chi connectivity index (χ2n) is 5.41. The van der Waals surface area contributed by atoms with Crippen LogP contribution in [0, 0.1) is 0 Å². The van der Waals surface area contributed by atoms with Gasteiger partial charge in [0, 0.05) is 40.9 Å². The van der Waals surface area contributed by atoms with E-state index in [1.165, 1.54) is 6.42 Å². The second-order valence-corrected chi connectivity index (χ2v) is 8.40. The average molecular weight is 334 g/mol. The molecule has 21 heavy (non-hydrogen) atoms. The molecule has 1 aliphatic rings. The number of rotatable bonds is 8. The number of nitrogens with zero attached hydrogens (tertiary/aromatic N) is 1. The van der Waals surface area contributed by atoms with Crippen molar-refractivity contribution in [3.8, 4) is 0 Å². The lowest BCUT2D eigenvalue weighted by atomic mass is 9.95. The van der Waals surface area contributed by atoms with Gasteiger partial charge >= 0.3 is 0 Å². The van der Waals surface area contributed by atoms with Gasteiger partial charge in [-0.1, -0.05) is 13.3 Å². The minimum atomic E-state index is -0.664. The van der Waals surface area contributed by atoms with Crippen molar-refractivity contribution in [2.24, 2.45) is 4.99 Å². The molecule has 1 aliphatic carbocycles. The van der Waals surface area contributed by atoms with Crippen molar-refractivity contribution >= 4 is 28.5 Å². The van der Waals surface area contributed by atoms with Crippen LogP contribution in [0.4, 0.5) is 0 Å². The van der Waals surface area contributed by atoms with Crippen LogP contribution in [0.15, 0.2) is 4.99 Å². The number of guanidine groups is 1. The zero-order chi connectivity index (χ0) is 15.5. The van der Waals surface area contributed by atoms with Crippen LogP contribution in [0.1, 0.15) is 46.0 Å². The molecular formula is C15H31N3OS2. The Labute approximate surface area is 136 Å². The fraction of sp³-hybridized carbons (Fsp3) is 0.933. The summed E-state index contributed by atoms with van der Waals surface area (Å²) in [5.74, 6) is 2.86. The van der Waals surface area contributed by atoms with Gasteiger partial charge in [-0.15, -0.1) is 0 Å². The summed E-state index contributed by atoms with van der Waals surface area (Å²) in [6.07, 6.45) is 7.69. The van der Waals surface area contributed by atoms with E-state index in [1.807, 2.05) is 18.7 Å². The van der Waals surface area contributed by atoms with Crippen molar-refractivity contribution in [3.63, 3.8) is 0 Å². The Kier molecular flexibility index (Phi) is 10.2. The van der Waals surface area contributed by atoms with Crippen LogP contribution in [0.3, 0.4) is 0 Å². The summed E-state index contributed by atoms with van der Waals surface area (Å²) in [5, 5.41) is 7.22. The molecule has 0 heterocycles. The van der Waals surface area contributed by atoms with E-state index >= 15 is 0 Å². The minimum Gasteiger partial charge on any atom is -0.357 e. The Morgan fingerprint density at radius 1 is 1.38 bits per heavy atom. The van der Waals surface area contributed by atoms with Crippen LogP contribution in [0.2, 0.25) is 0 Å². The molecule has 4 nitrogen and oxygen atoms in total. The van der Waals surface area contributed by atoms with Gasteiger partial charge in [0.15, 0.2) is 5.96 Å². The normalized spacial score (nSPS) is 24.6. The monoisotopic (exact) mass is 333 g/mol. The zero-order valence-corrected chi connectivity index (χ0v) is 15.3. The Morgan fingerprint density at radius 3 is 2.86 bits per heavy atom. The molecule has 2 N–H and O–H groups in total. The molecule has 0 aromatic carbocycles. The first kappa shape index (κ1) is 18.8. The topological polar surface area (TPSA) is 53.5 Å². The minimum absolute atomic E-state index is 0.362. The van der Waals surface area contributed by atoms with E-state index in [-0.39, 0.29) is 0 Å². The van der Waals surface area contributed by atoms with Crippen molar-refractivity contribution in [2.75, 3.05) is 30.9 Å². The third kappa shape index (κ3) is 7.54. The van der Waals surface area contributed by atoms with Crippen LogP contribution in [0.25, 0.3) is 0 Å². The van der Waals surface area contributed by atoms with Gasteiger partial charge in [0.1, 0.15) is 0 Å². The highest BCUT2D eigenvalue weighted by atomic mass is 32.2. The molecule has 6 heteroatoms. The molecular weight excluding hydrogens is 302 g/mol. The maximum Gasteiger partial charge on any atom is 0.191 e. The SMILES string of the molecule is CCNC(=NCCCSC)NC1CCCC(S(=O)CC)C1. The van der Waals surface area contributed by atoms with E-state index in [0.29, 0.717) is 11.3 Å². The lowest BCUT2D eigenvalue weighted by molar-refractivity contribution is 0.413. The highest BCUT2D eigenvalue weighted by Crippen LogP contribution is 2.22. The van der Waals surface area contributed by atoms with Crippen molar-refractivity contribution in [3.05, 3.63) is 0 Å². The summed E-state index contributed by atoms with van der Waals surface area (Å²) in [6, 6.07) is 0.414. The first-order chi connectivity index (χ1) is 10.2. The van der Waals surface area contributed by atoms with E-state index < -0.39 is 10.8 Å². The molecule has 0 aromatic heterocycles. The van der Waals surface area contributed by atoms with E-state index in [0.717, 1.165) is 56.2 Å². The van der Waals surface area contributed by atoms with Gasteiger partial charge in [0.05, 0.1) is 0 Å². The quantitative estimate of drug-likeness (QED) is 0.407. The van der Waals surface area contributed by atoms with Crippen LogP contribution in [-0.4, -0.2) is 52.3 Å². The molecule has 3 unspecified atom stereocenters. The van der Waals surface area contributed by atoms with Gasteiger partial charge in [-0.25, -0.2) is 0 Å². The zero-order valence-electron chi connectivity index (χ0n) is 13.7. The molecule has 0 spiro atoms. The van der Waals surface area contributed by atoms with E-state index in [4.69, 9.17) is 0 Å². The lowest BCUT2D eigenvalue weighted by Gasteiger charge is -2.30. The van der Waals surface area contributed by atoms with Gasteiger partial charge in [0.25, 0.3) is 0 Å². The summed E-state index contributed by atoms with van der Waals surface area (Å²) < 4.78 is 12.0. The summed E-state index contributed by atoms with van der Waals surface area (Å²) in [5.41, 5.74) is 0. The predicted octanol–water partition coefficient (Wildman–Crippen LogP) is 2.37. The molecule has 0 radical (unpaired) electrons. The van der Waals surface area contributed by atoms with E-state index in [9.17, 15) is 4.21 Å². The number of thioether (sulfide) groups is 1. The van der Waals surface area contributed by atoms with Gasteiger partial charge in [-0.3, -0.25) is 9.20 Å². The smallest absolute Gasteiger partial charge is 0.191 e. The van der Waals surface area contributed by atoms with Crippen molar-refractivity contribution in [2.45, 2.75) is 57.2 Å². The largest absolute Gasteiger partial charge is 0.357 e. The molecule has 0 saturated heterocycles. The van der Waals surface area contributed by atoms with Gasteiger partial charge in [-0.05, 0) is 44.6 Å². The molecule has 0 bridgehead atoms. The lowest BCUT2D eigenvalue weighted by Crippen LogP contribution is -2.46. The fourth-order valence-corrected chi connectivity index (χ4v) is 4.43. The highest BCUT2D eigenvalue weighted by Gasteiger charge is 2.25. The first-order valence-corrected chi connectivity index (χ1v) is 10.9. The Balaban J connectivity index is 2.47.